The number of nitrogens with zero attached hydrogens (tertiary/aromatic N) is 1. The van der Waals surface area contributed by atoms with Gasteiger partial charge in [0.25, 0.3) is 5.56 Å². The summed E-state index contributed by atoms with van der Waals surface area (Å²) in [6.45, 7) is 1.89. The van der Waals surface area contributed by atoms with Crippen LogP contribution in [-0.2, 0) is 0 Å². The molecule has 0 bridgehead atoms. The number of hydrogen-bond acceptors (Lipinski definition) is 2. The normalized spacial score (nSPS) is 15.7. The van der Waals surface area contributed by atoms with Crippen LogP contribution < -0.4 is 5.56 Å². The molecule has 0 aliphatic heterocycles. The summed E-state index contributed by atoms with van der Waals surface area (Å²) in [6.07, 6.45) is 4.54. The Bertz CT molecular complexity index is 687. The number of hydrogen-bond donors (Lipinski definition) is 1. The third-order valence-corrected chi connectivity index (χ3v) is 3.99. The van der Waals surface area contributed by atoms with E-state index >= 15 is 0 Å². The SMILES string of the molecule is Cc1ccc(F)cc1-c1nc(C2CCCC2)cc(=O)[nH]1. The van der Waals surface area contributed by atoms with Crippen LogP contribution in [-0.4, -0.2) is 9.97 Å². The first kappa shape index (κ1) is 13.0. The maximum atomic E-state index is 13.4. The van der Waals surface area contributed by atoms with E-state index in [2.05, 4.69) is 9.97 Å². The fourth-order valence-corrected chi connectivity index (χ4v) is 2.88. The van der Waals surface area contributed by atoms with Crippen molar-refractivity contribution < 1.29 is 4.39 Å². The molecule has 1 aliphatic rings. The largest absolute Gasteiger partial charge is 0.307 e. The maximum Gasteiger partial charge on any atom is 0.251 e. The molecule has 1 fully saturated rings. The maximum absolute atomic E-state index is 13.4. The molecule has 1 aliphatic carbocycles. The van der Waals surface area contributed by atoms with E-state index in [0.29, 0.717) is 17.3 Å². The third kappa shape index (κ3) is 2.50. The zero-order chi connectivity index (χ0) is 14.1. The van der Waals surface area contributed by atoms with Crippen molar-refractivity contribution in [3.63, 3.8) is 0 Å². The van der Waals surface area contributed by atoms with E-state index < -0.39 is 0 Å². The smallest absolute Gasteiger partial charge is 0.251 e. The zero-order valence-corrected chi connectivity index (χ0v) is 11.4. The highest BCUT2D eigenvalue weighted by molar-refractivity contribution is 5.59. The number of aromatic amines is 1. The summed E-state index contributed by atoms with van der Waals surface area (Å²) in [4.78, 5) is 19.1. The first-order chi connectivity index (χ1) is 9.63. The topological polar surface area (TPSA) is 45.8 Å². The van der Waals surface area contributed by atoms with Gasteiger partial charge in [0.15, 0.2) is 0 Å². The van der Waals surface area contributed by atoms with Crippen molar-refractivity contribution in [2.24, 2.45) is 0 Å². The Labute approximate surface area is 116 Å². The Morgan fingerprint density at radius 2 is 2.00 bits per heavy atom. The predicted molar refractivity (Wildman–Crippen MR) is 76.2 cm³/mol. The molecule has 1 aromatic carbocycles. The van der Waals surface area contributed by atoms with E-state index in [1.165, 1.54) is 25.0 Å². The average molecular weight is 272 g/mol. The van der Waals surface area contributed by atoms with Gasteiger partial charge in [0.1, 0.15) is 11.6 Å². The summed E-state index contributed by atoms with van der Waals surface area (Å²) < 4.78 is 13.4. The second-order valence-corrected chi connectivity index (χ2v) is 5.46. The minimum absolute atomic E-state index is 0.166. The molecule has 3 rings (SSSR count). The van der Waals surface area contributed by atoms with Crippen LogP contribution in [0.5, 0.6) is 0 Å². The Morgan fingerprint density at radius 1 is 1.25 bits per heavy atom. The van der Waals surface area contributed by atoms with E-state index in [4.69, 9.17) is 0 Å². The molecule has 3 nitrogen and oxygen atoms in total. The van der Waals surface area contributed by atoms with Crippen LogP contribution in [0.15, 0.2) is 29.1 Å². The monoisotopic (exact) mass is 272 g/mol. The third-order valence-electron chi connectivity index (χ3n) is 3.99. The Hall–Kier alpha value is -1.97. The van der Waals surface area contributed by atoms with Crippen molar-refractivity contribution in [1.29, 1.82) is 0 Å². The molecule has 0 saturated heterocycles. The minimum atomic E-state index is -0.320. The molecule has 0 radical (unpaired) electrons. The lowest BCUT2D eigenvalue weighted by molar-refractivity contribution is 0.627. The molecule has 20 heavy (non-hydrogen) atoms. The van der Waals surface area contributed by atoms with Gasteiger partial charge >= 0.3 is 0 Å². The van der Waals surface area contributed by atoms with E-state index in [1.54, 1.807) is 12.1 Å². The molecule has 0 amide bonds. The van der Waals surface area contributed by atoms with Crippen molar-refractivity contribution in [3.05, 3.63) is 51.7 Å². The van der Waals surface area contributed by atoms with Crippen molar-refractivity contribution in [2.75, 3.05) is 0 Å². The molecule has 1 N–H and O–H groups in total. The van der Waals surface area contributed by atoms with Gasteiger partial charge in [-0.05, 0) is 37.5 Å². The second-order valence-electron chi connectivity index (χ2n) is 5.46. The van der Waals surface area contributed by atoms with Gasteiger partial charge in [-0.25, -0.2) is 9.37 Å². The number of H-pyrrole nitrogens is 1. The molecule has 1 aromatic heterocycles. The number of benzene rings is 1. The summed E-state index contributed by atoms with van der Waals surface area (Å²) in [5.41, 5.74) is 2.23. The zero-order valence-electron chi connectivity index (χ0n) is 11.4. The summed E-state index contributed by atoms with van der Waals surface area (Å²) >= 11 is 0. The van der Waals surface area contributed by atoms with Gasteiger partial charge in [-0.2, -0.15) is 0 Å². The first-order valence-corrected chi connectivity index (χ1v) is 7.01. The Balaban J connectivity index is 2.09. The van der Waals surface area contributed by atoms with Crippen molar-refractivity contribution in [2.45, 2.75) is 38.5 Å². The average Bonchev–Trinajstić information content (AvgIpc) is 2.95. The van der Waals surface area contributed by atoms with Crippen LogP contribution in [0.25, 0.3) is 11.4 Å². The highest BCUT2D eigenvalue weighted by Gasteiger charge is 2.20. The minimum Gasteiger partial charge on any atom is -0.307 e. The van der Waals surface area contributed by atoms with Gasteiger partial charge in [0.2, 0.25) is 0 Å². The quantitative estimate of drug-likeness (QED) is 0.908. The Morgan fingerprint density at radius 3 is 2.75 bits per heavy atom. The summed E-state index contributed by atoms with van der Waals surface area (Å²) in [6, 6.07) is 6.12. The predicted octanol–water partition coefficient (Wildman–Crippen LogP) is 3.54. The van der Waals surface area contributed by atoms with Crippen molar-refractivity contribution in [3.8, 4) is 11.4 Å². The first-order valence-electron chi connectivity index (χ1n) is 7.01. The van der Waals surface area contributed by atoms with Gasteiger partial charge in [-0.15, -0.1) is 0 Å². The number of aryl methyl sites for hydroxylation is 1. The molecule has 0 spiro atoms. The lowest BCUT2D eigenvalue weighted by Crippen LogP contribution is -2.12. The van der Waals surface area contributed by atoms with Gasteiger partial charge < -0.3 is 4.98 Å². The van der Waals surface area contributed by atoms with Gasteiger partial charge in [-0.3, -0.25) is 4.79 Å². The fourth-order valence-electron chi connectivity index (χ4n) is 2.88. The molecule has 2 aromatic rings. The molecular formula is C16H17FN2O. The number of halogens is 1. The van der Waals surface area contributed by atoms with Crippen LogP contribution in [0.3, 0.4) is 0 Å². The highest BCUT2D eigenvalue weighted by Crippen LogP contribution is 2.33. The van der Waals surface area contributed by atoms with Crippen LogP contribution in [0.1, 0.15) is 42.9 Å². The van der Waals surface area contributed by atoms with Crippen molar-refractivity contribution in [1.82, 2.24) is 9.97 Å². The molecule has 4 heteroatoms. The van der Waals surface area contributed by atoms with Crippen LogP contribution >= 0.6 is 0 Å². The standard InChI is InChI=1S/C16H17FN2O/c1-10-6-7-12(17)8-13(10)16-18-14(9-15(20)19-16)11-4-2-3-5-11/h6-9,11H,2-5H2,1H3,(H,18,19,20). The van der Waals surface area contributed by atoms with Crippen molar-refractivity contribution >= 4 is 0 Å². The molecule has 0 atom stereocenters. The lowest BCUT2D eigenvalue weighted by atomic mass is 10.0. The van der Waals surface area contributed by atoms with E-state index in [1.807, 2.05) is 6.92 Å². The fraction of sp³-hybridized carbons (Fsp3) is 0.375. The van der Waals surface area contributed by atoms with E-state index in [9.17, 15) is 9.18 Å². The van der Waals surface area contributed by atoms with Gasteiger partial charge in [0.05, 0.1) is 5.69 Å². The second kappa shape index (κ2) is 5.19. The number of rotatable bonds is 2. The van der Waals surface area contributed by atoms with Crippen LogP contribution in [0.2, 0.25) is 0 Å². The Kier molecular flexibility index (Phi) is 3.38. The van der Waals surface area contributed by atoms with E-state index in [0.717, 1.165) is 24.1 Å². The van der Waals surface area contributed by atoms with Gasteiger partial charge in [-0.1, -0.05) is 18.9 Å². The van der Waals surface area contributed by atoms with Crippen LogP contribution in [0, 0.1) is 12.7 Å². The molecule has 0 unspecified atom stereocenters. The number of nitrogens with one attached hydrogen (secondary N) is 1. The molecule has 1 heterocycles. The summed E-state index contributed by atoms with van der Waals surface area (Å²) in [5, 5.41) is 0. The van der Waals surface area contributed by atoms with E-state index in [-0.39, 0.29) is 11.4 Å². The molecule has 104 valence electrons. The summed E-state index contributed by atoms with van der Waals surface area (Å²) in [5.74, 6) is 0.515. The van der Waals surface area contributed by atoms with Crippen LogP contribution in [0.4, 0.5) is 4.39 Å². The molecular weight excluding hydrogens is 255 g/mol. The van der Waals surface area contributed by atoms with Gasteiger partial charge in [0, 0.05) is 17.5 Å². The highest BCUT2D eigenvalue weighted by atomic mass is 19.1. The number of aromatic nitrogens is 2. The lowest BCUT2D eigenvalue weighted by Gasteiger charge is -2.11. The molecule has 1 saturated carbocycles. The summed E-state index contributed by atoms with van der Waals surface area (Å²) in [7, 11) is 0.